The van der Waals surface area contributed by atoms with E-state index in [0.29, 0.717) is 9.48 Å². The number of hydrogen-bond donors (Lipinski definition) is 1. The first kappa shape index (κ1) is 9.61. The van der Waals surface area contributed by atoms with Gasteiger partial charge in [-0.3, -0.25) is 0 Å². The molecule has 0 aliphatic carbocycles. The van der Waals surface area contributed by atoms with Gasteiger partial charge in [-0.25, -0.2) is 9.37 Å². The fourth-order valence-electron chi connectivity index (χ4n) is 1.03. The molecule has 0 atom stereocenters. The lowest BCUT2D eigenvalue weighted by Crippen LogP contribution is -1.80. The minimum Gasteiger partial charge on any atom is -0.493 e. The van der Waals surface area contributed by atoms with Crippen molar-refractivity contribution < 1.29 is 9.50 Å². The van der Waals surface area contributed by atoms with E-state index in [-0.39, 0.29) is 11.7 Å². The highest BCUT2D eigenvalue weighted by Gasteiger charge is 2.06. The first-order valence-corrected chi connectivity index (χ1v) is 5.44. The van der Waals surface area contributed by atoms with Gasteiger partial charge in [0.25, 0.3) is 0 Å². The summed E-state index contributed by atoms with van der Waals surface area (Å²) in [7, 11) is 0. The number of benzene rings is 1. The van der Waals surface area contributed by atoms with E-state index in [4.69, 9.17) is 5.11 Å². The molecule has 0 amide bonds. The summed E-state index contributed by atoms with van der Waals surface area (Å²) in [5.74, 6) is -0.319. The molecule has 1 heterocycles. The topological polar surface area (TPSA) is 33.1 Å². The Balaban J connectivity index is 2.47. The Kier molecular flexibility index (Phi) is 2.52. The van der Waals surface area contributed by atoms with Gasteiger partial charge in [-0.05, 0) is 34.1 Å². The van der Waals surface area contributed by atoms with Crippen molar-refractivity contribution in [3.05, 3.63) is 33.9 Å². The number of halogens is 2. The molecule has 2 aromatic rings. The number of nitrogens with zero attached hydrogens (tertiary/aromatic N) is 1. The monoisotopic (exact) mass is 273 g/mol. The zero-order chi connectivity index (χ0) is 10.1. The maximum Gasteiger partial charge on any atom is 0.222 e. The molecule has 0 unspecified atom stereocenters. The SMILES string of the molecule is Oc1csc(-c2ccc(F)c(Br)c2)n1. The highest BCUT2D eigenvalue weighted by Crippen LogP contribution is 2.29. The summed E-state index contributed by atoms with van der Waals surface area (Å²) in [5, 5.41) is 11.3. The zero-order valence-corrected chi connectivity index (χ0v) is 9.27. The number of aromatic hydroxyl groups is 1. The lowest BCUT2D eigenvalue weighted by atomic mass is 10.2. The van der Waals surface area contributed by atoms with E-state index < -0.39 is 0 Å². The molecule has 2 rings (SSSR count). The van der Waals surface area contributed by atoms with Crippen LogP contribution in [0.25, 0.3) is 10.6 Å². The second-order valence-corrected chi connectivity index (χ2v) is 4.35. The van der Waals surface area contributed by atoms with E-state index in [2.05, 4.69) is 20.9 Å². The number of hydrogen-bond acceptors (Lipinski definition) is 3. The minimum absolute atomic E-state index is 0.00884. The fourth-order valence-corrected chi connectivity index (χ4v) is 2.08. The third kappa shape index (κ3) is 1.78. The second-order valence-electron chi connectivity index (χ2n) is 2.64. The average Bonchev–Trinajstić information content (AvgIpc) is 2.57. The first-order valence-electron chi connectivity index (χ1n) is 3.77. The van der Waals surface area contributed by atoms with Crippen LogP contribution < -0.4 is 0 Å². The van der Waals surface area contributed by atoms with Gasteiger partial charge >= 0.3 is 0 Å². The maximum absolute atomic E-state index is 12.9. The Morgan fingerprint density at radius 3 is 2.79 bits per heavy atom. The Bertz CT molecular complexity index is 472. The lowest BCUT2D eigenvalue weighted by molar-refractivity contribution is 0.458. The Labute approximate surface area is 92.2 Å². The Morgan fingerprint density at radius 2 is 2.21 bits per heavy atom. The van der Waals surface area contributed by atoms with Crippen molar-refractivity contribution in [3.8, 4) is 16.5 Å². The van der Waals surface area contributed by atoms with Crippen LogP contribution in [-0.4, -0.2) is 10.1 Å². The van der Waals surface area contributed by atoms with Crippen molar-refractivity contribution in [2.45, 2.75) is 0 Å². The van der Waals surface area contributed by atoms with Gasteiger partial charge in [-0.15, -0.1) is 11.3 Å². The number of rotatable bonds is 1. The minimum atomic E-state index is -0.311. The summed E-state index contributed by atoms with van der Waals surface area (Å²) in [6.45, 7) is 0. The second kappa shape index (κ2) is 3.67. The van der Waals surface area contributed by atoms with Crippen LogP contribution in [0, 0.1) is 5.82 Å². The summed E-state index contributed by atoms with van der Waals surface area (Å²) >= 11 is 4.40. The summed E-state index contributed by atoms with van der Waals surface area (Å²) < 4.78 is 13.3. The van der Waals surface area contributed by atoms with Crippen LogP contribution in [0.4, 0.5) is 4.39 Å². The smallest absolute Gasteiger partial charge is 0.222 e. The predicted octanol–water partition coefficient (Wildman–Crippen LogP) is 3.42. The van der Waals surface area contributed by atoms with Crippen molar-refractivity contribution in [3.63, 3.8) is 0 Å². The molecule has 0 saturated heterocycles. The van der Waals surface area contributed by atoms with E-state index in [9.17, 15) is 4.39 Å². The van der Waals surface area contributed by atoms with Crippen molar-refractivity contribution >= 4 is 27.3 Å². The zero-order valence-electron chi connectivity index (χ0n) is 6.87. The molecule has 0 saturated carbocycles. The molecule has 0 aliphatic rings. The molecule has 72 valence electrons. The van der Waals surface area contributed by atoms with Gasteiger partial charge in [-0.1, -0.05) is 0 Å². The normalized spacial score (nSPS) is 10.4. The molecule has 1 aromatic heterocycles. The van der Waals surface area contributed by atoms with E-state index in [0.717, 1.165) is 5.56 Å². The van der Waals surface area contributed by atoms with Gasteiger partial charge in [0.2, 0.25) is 5.88 Å². The lowest BCUT2D eigenvalue weighted by Gasteiger charge is -1.97. The molecule has 14 heavy (non-hydrogen) atoms. The van der Waals surface area contributed by atoms with Crippen LogP contribution in [-0.2, 0) is 0 Å². The van der Waals surface area contributed by atoms with Gasteiger partial charge in [0, 0.05) is 5.56 Å². The van der Waals surface area contributed by atoms with Crippen LogP contribution in [0.15, 0.2) is 28.1 Å². The molecular formula is C9H5BrFNOS. The average molecular weight is 274 g/mol. The summed E-state index contributed by atoms with van der Waals surface area (Å²) in [6.07, 6.45) is 0. The van der Waals surface area contributed by atoms with Crippen LogP contribution in [0.5, 0.6) is 5.88 Å². The molecule has 1 aromatic carbocycles. The van der Waals surface area contributed by atoms with Gasteiger partial charge < -0.3 is 5.11 Å². The predicted molar refractivity (Wildman–Crippen MR) is 56.9 cm³/mol. The Morgan fingerprint density at radius 1 is 1.43 bits per heavy atom. The summed E-state index contributed by atoms with van der Waals surface area (Å²) in [6, 6.07) is 4.61. The van der Waals surface area contributed by atoms with Gasteiger partial charge in [0.15, 0.2) is 0 Å². The van der Waals surface area contributed by atoms with Crippen LogP contribution >= 0.6 is 27.3 Å². The van der Waals surface area contributed by atoms with Crippen LogP contribution in [0.1, 0.15) is 0 Å². The van der Waals surface area contributed by atoms with Crippen molar-refractivity contribution in [1.82, 2.24) is 4.98 Å². The number of aromatic nitrogens is 1. The van der Waals surface area contributed by atoms with Crippen LogP contribution in [0.3, 0.4) is 0 Å². The summed E-state index contributed by atoms with van der Waals surface area (Å²) in [4.78, 5) is 3.88. The molecule has 0 aliphatic heterocycles. The van der Waals surface area contributed by atoms with Crippen molar-refractivity contribution in [1.29, 1.82) is 0 Å². The first-order chi connectivity index (χ1) is 6.66. The molecule has 0 radical (unpaired) electrons. The molecule has 2 nitrogen and oxygen atoms in total. The van der Waals surface area contributed by atoms with Crippen molar-refractivity contribution in [2.75, 3.05) is 0 Å². The van der Waals surface area contributed by atoms with Crippen LogP contribution in [0.2, 0.25) is 0 Å². The fraction of sp³-hybridized carbons (Fsp3) is 0. The Hall–Kier alpha value is -0.940. The third-order valence-corrected chi connectivity index (χ3v) is 3.15. The number of thiazole rings is 1. The van der Waals surface area contributed by atoms with Gasteiger partial charge in [0.05, 0.1) is 9.85 Å². The molecule has 0 bridgehead atoms. The van der Waals surface area contributed by atoms with Gasteiger partial charge in [-0.2, -0.15) is 0 Å². The third-order valence-electron chi connectivity index (χ3n) is 1.66. The highest BCUT2D eigenvalue weighted by molar-refractivity contribution is 9.10. The molecule has 1 N–H and O–H groups in total. The van der Waals surface area contributed by atoms with E-state index in [1.807, 2.05) is 0 Å². The van der Waals surface area contributed by atoms with E-state index in [1.54, 1.807) is 12.1 Å². The summed E-state index contributed by atoms with van der Waals surface area (Å²) in [5.41, 5.74) is 0.781. The maximum atomic E-state index is 12.9. The van der Waals surface area contributed by atoms with E-state index in [1.165, 1.54) is 22.8 Å². The molecular weight excluding hydrogens is 269 g/mol. The molecule has 0 spiro atoms. The van der Waals surface area contributed by atoms with E-state index >= 15 is 0 Å². The van der Waals surface area contributed by atoms with Crippen molar-refractivity contribution in [2.24, 2.45) is 0 Å². The molecule has 0 fully saturated rings. The standard InChI is InChI=1S/C9H5BrFNOS/c10-6-3-5(1-2-7(6)11)9-12-8(13)4-14-9/h1-4,13H. The van der Waals surface area contributed by atoms with Gasteiger partial charge in [0.1, 0.15) is 10.8 Å². The largest absolute Gasteiger partial charge is 0.493 e. The highest BCUT2D eigenvalue weighted by atomic mass is 79.9. The molecule has 5 heteroatoms. The quantitative estimate of drug-likeness (QED) is 0.864.